The summed E-state index contributed by atoms with van der Waals surface area (Å²) in [4.78, 5) is 23.7. The molecule has 7 heteroatoms. The Labute approximate surface area is 175 Å². The van der Waals surface area contributed by atoms with Crippen LogP contribution in [0.1, 0.15) is 54.0 Å². The molecule has 1 heterocycles. The second-order valence-corrected chi connectivity index (χ2v) is 8.44. The van der Waals surface area contributed by atoms with E-state index in [1.54, 1.807) is 11.3 Å². The molecular formula is C22H29NO5S. The number of carbonyl (C=O) groups excluding carboxylic acids is 1. The van der Waals surface area contributed by atoms with Crippen molar-refractivity contribution >= 4 is 23.3 Å². The van der Waals surface area contributed by atoms with Crippen molar-refractivity contribution < 1.29 is 24.5 Å². The van der Waals surface area contributed by atoms with Gasteiger partial charge in [-0.2, -0.15) is 0 Å². The number of aryl methyl sites for hydroxylation is 2. The number of carboxylic acid groups (broad SMARTS) is 1. The van der Waals surface area contributed by atoms with Gasteiger partial charge in [0, 0.05) is 15.7 Å². The van der Waals surface area contributed by atoms with Crippen molar-refractivity contribution in [3.63, 3.8) is 0 Å². The fourth-order valence-corrected chi connectivity index (χ4v) is 4.03. The van der Waals surface area contributed by atoms with Crippen LogP contribution in [0.4, 0.5) is 0 Å². The molecule has 158 valence electrons. The second-order valence-electron chi connectivity index (χ2n) is 7.24. The molecule has 0 spiro atoms. The summed E-state index contributed by atoms with van der Waals surface area (Å²) in [6.07, 6.45) is 3.74. The molecule has 6 nitrogen and oxygen atoms in total. The van der Waals surface area contributed by atoms with E-state index in [2.05, 4.69) is 12.1 Å². The van der Waals surface area contributed by atoms with Gasteiger partial charge in [0.1, 0.15) is 0 Å². The van der Waals surface area contributed by atoms with Crippen LogP contribution in [0.2, 0.25) is 0 Å². The Bertz CT molecular complexity index is 777. The van der Waals surface area contributed by atoms with Crippen LogP contribution in [-0.2, 0) is 27.2 Å². The van der Waals surface area contributed by atoms with Crippen LogP contribution in [0.25, 0.3) is 0 Å². The van der Waals surface area contributed by atoms with Gasteiger partial charge >= 0.3 is 11.9 Å². The SMILES string of the molecule is C[C@H](CCc1ccc(C(O)CCCCc2ccccc2)s1)C(N)OC(=O)C(=O)O. The Kier molecular flexibility index (Phi) is 9.31. The zero-order valence-corrected chi connectivity index (χ0v) is 17.4. The number of hydrogen-bond acceptors (Lipinski definition) is 6. The summed E-state index contributed by atoms with van der Waals surface area (Å²) in [5, 5.41) is 19.0. The summed E-state index contributed by atoms with van der Waals surface area (Å²) in [6, 6.07) is 14.3. The van der Waals surface area contributed by atoms with E-state index in [0.717, 1.165) is 41.9 Å². The number of aliphatic hydroxyl groups is 1. The first-order valence-electron chi connectivity index (χ1n) is 9.87. The van der Waals surface area contributed by atoms with Crippen LogP contribution in [0.3, 0.4) is 0 Å². The standard InChI is InChI=1S/C22H29NO5S/c1-15(20(23)28-22(27)21(25)26)11-12-17-13-14-19(29-17)18(24)10-6-5-9-16-7-3-2-4-8-16/h2-4,7-8,13-15,18,20,24H,5-6,9-12,23H2,1H3,(H,25,26)/t15-,18?,20?/m1/s1. The molecule has 1 aromatic carbocycles. The number of ether oxygens (including phenoxy) is 1. The fraction of sp³-hybridized carbons (Fsp3) is 0.455. The number of carboxylic acids is 1. The lowest BCUT2D eigenvalue weighted by atomic mass is 10.0. The maximum absolute atomic E-state index is 11.1. The minimum atomic E-state index is -1.65. The van der Waals surface area contributed by atoms with Gasteiger partial charge < -0.3 is 14.9 Å². The second kappa shape index (κ2) is 11.7. The van der Waals surface area contributed by atoms with E-state index in [-0.39, 0.29) is 5.92 Å². The van der Waals surface area contributed by atoms with Crippen LogP contribution in [-0.4, -0.2) is 28.4 Å². The summed E-state index contributed by atoms with van der Waals surface area (Å²) in [5.41, 5.74) is 7.06. The third kappa shape index (κ3) is 7.97. The molecule has 4 N–H and O–H groups in total. The fourth-order valence-electron chi connectivity index (χ4n) is 2.99. The van der Waals surface area contributed by atoms with Gasteiger partial charge in [0.25, 0.3) is 0 Å². The van der Waals surface area contributed by atoms with E-state index in [9.17, 15) is 14.7 Å². The molecule has 1 aromatic heterocycles. The normalized spacial score (nSPS) is 14.2. The average Bonchev–Trinajstić information content (AvgIpc) is 3.19. The molecule has 0 bridgehead atoms. The minimum absolute atomic E-state index is 0.174. The first-order chi connectivity index (χ1) is 13.9. The van der Waals surface area contributed by atoms with Gasteiger partial charge in [0.2, 0.25) is 0 Å². The van der Waals surface area contributed by atoms with Gasteiger partial charge in [-0.1, -0.05) is 43.7 Å². The average molecular weight is 420 g/mol. The molecule has 0 amide bonds. The van der Waals surface area contributed by atoms with Gasteiger partial charge in [0.05, 0.1) is 6.10 Å². The van der Waals surface area contributed by atoms with Crippen molar-refractivity contribution in [2.24, 2.45) is 11.7 Å². The topological polar surface area (TPSA) is 110 Å². The summed E-state index contributed by atoms with van der Waals surface area (Å²) in [5.74, 6) is -3.15. The molecule has 0 fully saturated rings. The summed E-state index contributed by atoms with van der Waals surface area (Å²) < 4.78 is 4.69. The molecule has 0 saturated heterocycles. The van der Waals surface area contributed by atoms with Crippen molar-refractivity contribution in [1.82, 2.24) is 0 Å². The number of rotatable bonds is 11. The van der Waals surface area contributed by atoms with E-state index in [0.29, 0.717) is 6.42 Å². The Morgan fingerprint density at radius 2 is 1.79 bits per heavy atom. The first-order valence-corrected chi connectivity index (χ1v) is 10.7. The van der Waals surface area contributed by atoms with Crippen molar-refractivity contribution in [3.05, 3.63) is 57.8 Å². The monoisotopic (exact) mass is 419 g/mol. The molecule has 2 unspecified atom stereocenters. The zero-order chi connectivity index (χ0) is 21.2. The van der Waals surface area contributed by atoms with Crippen molar-refractivity contribution in [2.45, 2.75) is 57.8 Å². The molecule has 0 saturated carbocycles. The molecule has 0 aliphatic carbocycles. The third-order valence-electron chi connectivity index (χ3n) is 4.87. The van der Waals surface area contributed by atoms with E-state index in [1.807, 2.05) is 37.3 Å². The first kappa shape index (κ1) is 23.1. The molecule has 2 rings (SSSR count). The van der Waals surface area contributed by atoms with Crippen LogP contribution >= 0.6 is 11.3 Å². The van der Waals surface area contributed by atoms with E-state index in [1.165, 1.54) is 5.56 Å². The van der Waals surface area contributed by atoms with Crippen molar-refractivity contribution in [1.29, 1.82) is 0 Å². The highest BCUT2D eigenvalue weighted by molar-refractivity contribution is 7.12. The highest BCUT2D eigenvalue weighted by Gasteiger charge is 2.22. The number of hydrogen-bond donors (Lipinski definition) is 3. The van der Waals surface area contributed by atoms with E-state index in [4.69, 9.17) is 15.6 Å². The highest BCUT2D eigenvalue weighted by Crippen LogP contribution is 2.28. The maximum Gasteiger partial charge on any atom is 0.418 e. The van der Waals surface area contributed by atoms with Gasteiger partial charge in [0.15, 0.2) is 6.23 Å². The minimum Gasteiger partial charge on any atom is -0.473 e. The number of unbranched alkanes of at least 4 members (excludes halogenated alkanes) is 1. The van der Waals surface area contributed by atoms with E-state index >= 15 is 0 Å². The lowest BCUT2D eigenvalue weighted by Gasteiger charge is -2.18. The number of benzene rings is 1. The third-order valence-corrected chi connectivity index (χ3v) is 6.12. The van der Waals surface area contributed by atoms with Crippen molar-refractivity contribution in [3.8, 4) is 0 Å². The number of carbonyl (C=O) groups is 2. The van der Waals surface area contributed by atoms with Gasteiger partial charge in [-0.25, -0.2) is 9.59 Å². The molecule has 3 atom stereocenters. The van der Waals surface area contributed by atoms with Crippen LogP contribution in [0.15, 0.2) is 42.5 Å². The summed E-state index contributed by atoms with van der Waals surface area (Å²) in [7, 11) is 0. The lowest BCUT2D eigenvalue weighted by Crippen LogP contribution is -2.36. The zero-order valence-electron chi connectivity index (χ0n) is 16.6. The molecular weight excluding hydrogens is 390 g/mol. The van der Waals surface area contributed by atoms with Gasteiger partial charge in [-0.15, -0.1) is 11.3 Å². The van der Waals surface area contributed by atoms with Gasteiger partial charge in [-0.3, -0.25) is 5.73 Å². The molecule has 29 heavy (non-hydrogen) atoms. The van der Waals surface area contributed by atoms with E-state index < -0.39 is 24.3 Å². The molecule has 2 aromatic rings. The van der Waals surface area contributed by atoms with Crippen LogP contribution in [0.5, 0.6) is 0 Å². The predicted molar refractivity (Wildman–Crippen MR) is 112 cm³/mol. The Morgan fingerprint density at radius 1 is 1.07 bits per heavy atom. The van der Waals surface area contributed by atoms with Crippen LogP contribution in [0, 0.1) is 5.92 Å². The lowest BCUT2D eigenvalue weighted by molar-refractivity contribution is -0.168. The number of aliphatic hydroxyl groups excluding tert-OH is 1. The summed E-state index contributed by atoms with van der Waals surface area (Å²) >= 11 is 1.58. The largest absolute Gasteiger partial charge is 0.473 e. The molecule has 0 aliphatic heterocycles. The Balaban J connectivity index is 1.70. The quantitative estimate of drug-likeness (QED) is 0.222. The number of aliphatic carboxylic acids is 1. The highest BCUT2D eigenvalue weighted by atomic mass is 32.1. The smallest absolute Gasteiger partial charge is 0.418 e. The Morgan fingerprint density at radius 3 is 2.48 bits per heavy atom. The Hall–Kier alpha value is -2.22. The summed E-state index contributed by atoms with van der Waals surface area (Å²) in [6.45, 7) is 1.82. The van der Waals surface area contributed by atoms with Crippen molar-refractivity contribution in [2.75, 3.05) is 0 Å². The number of thiophene rings is 1. The molecule has 0 aliphatic rings. The number of nitrogens with two attached hydrogens (primary N) is 1. The molecule has 0 radical (unpaired) electrons. The van der Waals surface area contributed by atoms with Gasteiger partial charge in [-0.05, 0) is 49.8 Å². The number of esters is 1. The maximum atomic E-state index is 11.1. The predicted octanol–water partition coefficient (Wildman–Crippen LogP) is 3.68. The van der Waals surface area contributed by atoms with Crippen LogP contribution < -0.4 is 5.73 Å².